The van der Waals surface area contributed by atoms with Gasteiger partial charge in [-0.1, -0.05) is 5.16 Å². The Morgan fingerprint density at radius 2 is 2.11 bits per heavy atom. The maximum absolute atomic E-state index is 13.0. The van der Waals surface area contributed by atoms with E-state index in [2.05, 4.69) is 25.1 Å². The Kier molecular flexibility index (Phi) is 6.61. The van der Waals surface area contributed by atoms with Crippen molar-refractivity contribution in [1.29, 1.82) is 0 Å². The van der Waals surface area contributed by atoms with Crippen molar-refractivity contribution in [2.75, 3.05) is 31.1 Å². The molecule has 4 atom stereocenters. The number of aliphatic hydroxyl groups is 1. The van der Waals surface area contributed by atoms with Crippen molar-refractivity contribution in [3.63, 3.8) is 0 Å². The minimum Gasteiger partial charge on any atom is -0.477 e. The number of hydrogen-bond donors (Lipinski definition) is 6. The predicted octanol–water partition coefficient (Wildman–Crippen LogP) is -2.47. The Hall–Kier alpha value is -3.54. The molecular weight excluding hydrogens is 528 g/mol. The summed E-state index contributed by atoms with van der Waals surface area (Å²) in [6.45, 7) is 1.51. The maximum atomic E-state index is 13.0. The van der Waals surface area contributed by atoms with Gasteiger partial charge in [0.05, 0.1) is 6.54 Å². The summed E-state index contributed by atoms with van der Waals surface area (Å²) in [5.74, 6) is -3.48. The Morgan fingerprint density at radius 3 is 2.73 bits per heavy atom. The summed E-state index contributed by atoms with van der Waals surface area (Å²) in [5, 5.41) is 37.5. The first-order chi connectivity index (χ1) is 17.7. The molecule has 196 valence electrons. The minimum atomic E-state index is -1.38. The second-order valence-corrected chi connectivity index (χ2v) is 10.6. The highest BCUT2D eigenvalue weighted by Gasteiger charge is 2.54. The number of amides is 3. The van der Waals surface area contributed by atoms with E-state index < -0.39 is 41.0 Å². The number of nitrogens with two attached hydrogens (primary N) is 1. The van der Waals surface area contributed by atoms with Gasteiger partial charge in [-0.05, 0) is 24.6 Å². The number of carbonyl (C=O) groups is 4. The standard InChI is InChI=1S/C20H22N8O7S2/c21-20-24-14(26-37-20)11(25-35)15(30)23-12-17(32)28-13(19(33)34)7(6-36-18(12)28)3-9-10(29)5-27(16(9)31)8-1-2-22-4-8/h3,8,10,12,18,22,29,35H,1-2,4-6H2,(H,23,30)(H,33,34)(H2,21,24,26)/b9-3+,25-11-/t8-,10?,12-,18-/m1/s1. The molecule has 5 rings (SSSR count). The van der Waals surface area contributed by atoms with Crippen molar-refractivity contribution in [3.05, 3.63) is 28.7 Å². The molecular formula is C20H22N8O7S2. The highest BCUT2D eigenvalue weighted by atomic mass is 32.2. The van der Waals surface area contributed by atoms with Gasteiger partial charge >= 0.3 is 5.97 Å². The van der Waals surface area contributed by atoms with Crippen LogP contribution in [0.2, 0.25) is 0 Å². The third-order valence-corrected chi connectivity index (χ3v) is 8.34. The highest BCUT2D eigenvalue weighted by Crippen LogP contribution is 2.41. The fourth-order valence-corrected chi connectivity index (χ4v) is 6.47. The van der Waals surface area contributed by atoms with Crippen LogP contribution in [0.15, 0.2) is 28.1 Å². The summed E-state index contributed by atoms with van der Waals surface area (Å²) >= 11 is 1.97. The van der Waals surface area contributed by atoms with Crippen molar-refractivity contribution in [3.8, 4) is 0 Å². The molecule has 17 heteroatoms. The fraction of sp³-hybridized carbons (Fsp3) is 0.450. The lowest BCUT2D eigenvalue weighted by molar-refractivity contribution is -0.150. The van der Waals surface area contributed by atoms with E-state index in [9.17, 15) is 34.6 Å². The first kappa shape index (κ1) is 25.1. The van der Waals surface area contributed by atoms with Gasteiger partial charge in [-0.25, -0.2) is 4.79 Å². The van der Waals surface area contributed by atoms with E-state index in [1.807, 2.05) is 0 Å². The molecule has 0 saturated carbocycles. The maximum Gasteiger partial charge on any atom is 0.352 e. The third kappa shape index (κ3) is 4.32. The smallest absolute Gasteiger partial charge is 0.352 e. The zero-order valence-electron chi connectivity index (χ0n) is 19.0. The van der Waals surface area contributed by atoms with Gasteiger partial charge in [-0.3, -0.25) is 19.3 Å². The van der Waals surface area contributed by atoms with E-state index in [-0.39, 0.29) is 52.0 Å². The van der Waals surface area contributed by atoms with Gasteiger partial charge in [0.25, 0.3) is 17.7 Å². The molecule has 0 bridgehead atoms. The number of hydrogen-bond acceptors (Lipinski definition) is 13. The van der Waals surface area contributed by atoms with Crippen molar-refractivity contribution >= 4 is 57.8 Å². The van der Waals surface area contributed by atoms with Gasteiger partial charge in [0.15, 0.2) is 5.13 Å². The van der Waals surface area contributed by atoms with Gasteiger partial charge in [-0.15, -0.1) is 11.8 Å². The number of carboxylic acids is 1. The quantitative estimate of drug-likeness (QED) is 0.0712. The number of fused-ring (bicyclic) bond motifs is 1. The Balaban J connectivity index is 1.35. The van der Waals surface area contributed by atoms with E-state index in [0.29, 0.717) is 6.54 Å². The molecule has 0 spiro atoms. The first-order valence-corrected chi connectivity index (χ1v) is 13.0. The van der Waals surface area contributed by atoms with Crippen molar-refractivity contribution in [2.24, 2.45) is 5.16 Å². The molecule has 5 heterocycles. The van der Waals surface area contributed by atoms with Crippen LogP contribution in [0.1, 0.15) is 12.2 Å². The van der Waals surface area contributed by atoms with Crippen molar-refractivity contribution < 1.29 is 34.6 Å². The first-order valence-electron chi connectivity index (χ1n) is 11.2. The van der Waals surface area contributed by atoms with E-state index >= 15 is 0 Å². The monoisotopic (exact) mass is 550 g/mol. The second kappa shape index (κ2) is 9.73. The number of β-lactam (4-membered cyclic amide) rings is 1. The lowest BCUT2D eigenvalue weighted by atomic mass is 10.0. The third-order valence-electron chi connectivity index (χ3n) is 6.50. The van der Waals surface area contributed by atoms with E-state index in [1.165, 1.54) is 17.8 Å². The largest absolute Gasteiger partial charge is 0.477 e. The summed E-state index contributed by atoms with van der Waals surface area (Å²) < 4.78 is 3.80. The minimum absolute atomic E-state index is 0.0457. The fourth-order valence-electron chi connectivity index (χ4n) is 4.73. The number of aromatic nitrogens is 2. The molecule has 3 saturated heterocycles. The number of oxime groups is 1. The number of thioether (sulfide) groups is 1. The number of aliphatic carboxylic acids is 1. The molecule has 0 aromatic carbocycles. The van der Waals surface area contributed by atoms with Crippen LogP contribution in [-0.2, 0) is 19.2 Å². The van der Waals surface area contributed by atoms with Crippen LogP contribution in [0.4, 0.5) is 5.13 Å². The van der Waals surface area contributed by atoms with Crippen LogP contribution in [-0.4, -0.2) is 113 Å². The normalized spacial score (nSPS) is 29.1. The molecule has 1 aromatic heterocycles. The number of aliphatic hydroxyl groups excluding tert-OH is 1. The number of rotatable bonds is 6. The zero-order chi connectivity index (χ0) is 26.4. The van der Waals surface area contributed by atoms with Crippen molar-refractivity contribution in [1.82, 2.24) is 29.8 Å². The topological polar surface area (TPSA) is 224 Å². The van der Waals surface area contributed by atoms with E-state index in [1.54, 1.807) is 4.90 Å². The Morgan fingerprint density at radius 1 is 1.32 bits per heavy atom. The average Bonchev–Trinajstić information content (AvgIpc) is 3.60. The number of carbonyl (C=O) groups excluding carboxylic acids is 3. The number of nitrogens with zero attached hydrogens (tertiary/aromatic N) is 5. The van der Waals surface area contributed by atoms with Crippen LogP contribution in [0.3, 0.4) is 0 Å². The molecule has 4 aliphatic heterocycles. The van der Waals surface area contributed by atoms with Gasteiger partial charge in [-0.2, -0.15) is 9.36 Å². The van der Waals surface area contributed by atoms with Gasteiger partial charge in [0.2, 0.25) is 11.5 Å². The Bertz CT molecular complexity index is 1270. The van der Waals surface area contributed by atoms with Crippen LogP contribution in [0, 0.1) is 0 Å². The van der Waals surface area contributed by atoms with Crippen LogP contribution < -0.4 is 16.4 Å². The number of allylic oxidation sites excluding steroid dienone is 1. The van der Waals surface area contributed by atoms with Gasteiger partial charge in [0.1, 0.15) is 23.2 Å². The molecule has 37 heavy (non-hydrogen) atoms. The number of nitrogens with one attached hydrogen (secondary N) is 2. The predicted molar refractivity (Wildman–Crippen MR) is 129 cm³/mol. The number of carboxylic acid groups (broad SMARTS) is 1. The molecule has 0 aliphatic carbocycles. The number of anilines is 1. The van der Waals surface area contributed by atoms with E-state index in [0.717, 1.165) is 29.4 Å². The SMILES string of the molecule is Nc1nc(/C(=N/O)C(=O)N[C@@H]2C(=O)N3C(C(=O)O)=C(/C=C4/C(=O)N([C@@H]5CCNC5)CC4O)CS[C@H]23)ns1. The molecule has 15 nitrogen and oxygen atoms in total. The summed E-state index contributed by atoms with van der Waals surface area (Å²) in [5.41, 5.74) is 4.92. The van der Waals surface area contributed by atoms with E-state index in [4.69, 9.17) is 5.73 Å². The second-order valence-electron chi connectivity index (χ2n) is 8.66. The van der Waals surface area contributed by atoms with Crippen LogP contribution >= 0.6 is 23.3 Å². The molecule has 1 unspecified atom stereocenters. The lowest BCUT2D eigenvalue weighted by Crippen LogP contribution is -2.71. The summed E-state index contributed by atoms with van der Waals surface area (Å²) in [6, 6.07) is -1.14. The molecule has 0 radical (unpaired) electrons. The zero-order valence-corrected chi connectivity index (χ0v) is 20.7. The molecule has 3 fully saturated rings. The lowest BCUT2D eigenvalue weighted by Gasteiger charge is -2.49. The summed E-state index contributed by atoms with van der Waals surface area (Å²) in [4.78, 5) is 57.1. The number of β-amino-alcohol motifs (C(OH)–C–C–N with tert-alkyl or cyclic N) is 1. The number of nitrogen functional groups attached to an aromatic ring is 1. The highest BCUT2D eigenvalue weighted by molar-refractivity contribution is 8.00. The average molecular weight is 551 g/mol. The van der Waals surface area contributed by atoms with Crippen LogP contribution in [0.5, 0.6) is 0 Å². The number of likely N-dealkylation sites (tertiary alicyclic amines) is 1. The van der Waals surface area contributed by atoms with Gasteiger partial charge in [0, 0.05) is 35.4 Å². The van der Waals surface area contributed by atoms with Crippen molar-refractivity contribution in [2.45, 2.75) is 30.0 Å². The summed E-state index contributed by atoms with van der Waals surface area (Å²) in [6.07, 6.45) is 1.04. The van der Waals surface area contributed by atoms with Gasteiger partial charge < -0.3 is 36.7 Å². The van der Waals surface area contributed by atoms with Crippen LogP contribution in [0.25, 0.3) is 0 Å². The molecule has 1 aromatic rings. The molecule has 7 N–H and O–H groups in total. The molecule has 3 amide bonds. The summed E-state index contributed by atoms with van der Waals surface area (Å²) in [7, 11) is 0. The Labute approximate surface area is 217 Å². The molecule has 4 aliphatic rings.